The maximum absolute atomic E-state index is 12.4. The molecule has 1 aromatic rings. The molecule has 144 valence electrons. The first-order valence-electron chi connectivity index (χ1n) is 8.88. The number of carbonyl (C=O) groups excluding carboxylic acids is 3. The van der Waals surface area contributed by atoms with E-state index in [2.05, 4.69) is 17.2 Å². The molecule has 8 heteroatoms. The van der Waals surface area contributed by atoms with Gasteiger partial charge in [0.25, 0.3) is 5.91 Å². The van der Waals surface area contributed by atoms with Gasteiger partial charge in [-0.1, -0.05) is 24.2 Å². The van der Waals surface area contributed by atoms with E-state index in [1.807, 2.05) is 6.07 Å². The number of likely N-dealkylation sites (tertiary alicyclic amines) is 1. The Bertz CT molecular complexity index is 774. The number of piperidine rings is 1. The molecule has 0 bridgehead atoms. The lowest BCUT2D eigenvalue weighted by Crippen LogP contribution is -2.48. The summed E-state index contributed by atoms with van der Waals surface area (Å²) in [4.78, 5) is 37.5. The Morgan fingerprint density at radius 1 is 1.41 bits per heavy atom. The maximum atomic E-state index is 12.4. The van der Waals surface area contributed by atoms with Crippen LogP contribution in [0.1, 0.15) is 24.3 Å². The quantitative estimate of drug-likeness (QED) is 0.658. The van der Waals surface area contributed by atoms with Gasteiger partial charge in [-0.15, -0.1) is 0 Å². The molecule has 1 aromatic carbocycles. The summed E-state index contributed by atoms with van der Waals surface area (Å²) >= 11 is 5.99. The van der Waals surface area contributed by atoms with Gasteiger partial charge in [-0.3, -0.25) is 14.4 Å². The predicted molar refractivity (Wildman–Crippen MR) is 101 cm³/mol. The van der Waals surface area contributed by atoms with Gasteiger partial charge in [0.2, 0.25) is 11.8 Å². The van der Waals surface area contributed by atoms with E-state index in [0.29, 0.717) is 31.0 Å². The number of anilines is 1. The molecule has 0 aliphatic carbocycles. The van der Waals surface area contributed by atoms with Crippen molar-refractivity contribution in [1.29, 1.82) is 0 Å². The number of carbonyl (C=O) groups is 3. The number of hydrogen-bond acceptors (Lipinski definition) is 4. The first-order valence-corrected chi connectivity index (χ1v) is 9.26. The number of halogens is 1. The number of aliphatic hydroxyl groups excluding tert-OH is 1. The fraction of sp³-hybridized carbons (Fsp3) is 0.421. The van der Waals surface area contributed by atoms with Crippen molar-refractivity contribution in [2.24, 2.45) is 5.92 Å². The average molecular weight is 392 g/mol. The summed E-state index contributed by atoms with van der Waals surface area (Å²) in [7, 11) is 0. The molecule has 1 fully saturated rings. The Hall–Kier alpha value is -2.38. The van der Waals surface area contributed by atoms with Crippen LogP contribution in [-0.2, 0) is 14.4 Å². The molecular formula is C19H22ClN3O4. The van der Waals surface area contributed by atoms with Gasteiger partial charge >= 0.3 is 0 Å². The summed E-state index contributed by atoms with van der Waals surface area (Å²) in [6, 6.07) is 5.41. The summed E-state index contributed by atoms with van der Waals surface area (Å²) in [6.07, 6.45) is 1.12. The molecule has 3 amide bonds. The Labute approximate surface area is 162 Å². The van der Waals surface area contributed by atoms with Crippen molar-refractivity contribution < 1.29 is 19.5 Å². The Morgan fingerprint density at radius 3 is 2.78 bits per heavy atom. The van der Waals surface area contributed by atoms with Crippen LogP contribution in [0, 0.1) is 5.92 Å². The summed E-state index contributed by atoms with van der Waals surface area (Å²) in [6.45, 7) is 4.09. The molecule has 2 aliphatic rings. The van der Waals surface area contributed by atoms with Gasteiger partial charge in [0.1, 0.15) is 6.10 Å². The lowest BCUT2D eigenvalue weighted by molar-refractivity contribution is -0.141. The van der Waals surface area contributed by atoms with E-state index in [9.17, 15) is 19.5 Å². The standard InChI is InChI=1S/C19H22ClN3O4/c1-2-16(25)21-10-15(24)19(27)23-7-5-11(6-8-23)17-13-4-3-12(20)9-14(13)22-18(17)26/h2-4,9,11,15,17,24H,1,5-8,10H2,(H,21,25)(H,22,26). The second-order valence-electron chi connectivity index (χ2n) is 6.83. The number of amides is 3. The van der Waals surface area contributed by atoms with Crippen molar-refractivity contribution >= 4 is 35.0 Å². The zero-order chi connectivity index (χ0) is 19.6. The number of fused-ring (bicyclic) bond motifs is 1. The zero-order valence-corrected chi connectivity index (χ0v) is 15.5. The molecule has 0 radical (unpaired) electrons. The van der Waals surface area contributed by atoms with Crippen LogP contribution in [0.4, 0.5) is 5.69 Å². The first kappa shape index (κ1) is 19.4. The van der Waals surface area contributed by atoms with Crippen molar-refractivity contribution in [3.63, 3.8) is 0 Å². The van der Waals surface area contributed by atoms with E-state index in [1.165, 1.54) is 0 Å². The first-order chi connectivity index (χ1) is 12.9. The van der Waals surface area contributed by atoms with Gasteiger partial charge in [-0.05, 0) is 42.5 Å². The van der Waals surface area contributed by atoms with Crippen molar-refractivity contribution in [2.75, 3.05) is 25.0 Å². The monoisotopic (exact) mass is 391 g/mol. The number of rotatable bonds is 5. The highest BCUT2D eigenvalue weighted by Crippen LogP contribution is 2.42. The zero-order valence-electron chi connectivity index (χ0n) is 14.8. The second kappa shape index (κ2) is 8.10. The SMILES string of the molecule is C=CC(=O)NCC(O)C(=O)N1CCC(C2C(=O)Nc3cc(Cl)ccc32)CC1. The van der Waals surface area contributed by atoms with Crippen LogP contribution in [0.15, 0.2) is 30.9 Å². The predicted octanol–water partition coefficient (Wildman–Crippen LogP) is 1.28. The van der Waals surface area contributed by atoms with Gasteiger partial charge < -0.3 is 20.6 Å². The molecule has 27 heavy (non-hydrogen) atoms. The maximum Gasteiger partial charge on any atom is 0.253 e. The van der Waals surface area contributed by atoms with Crippen molar-refractivity contribution in [2.45, 2.75) is 24.9 Å². The van der Waals surface area contributed by atoms with Crippen LogP contribution in [0.25, 0.3) is 0 Å². The van der Waals surface area contributed by atoms with Crippen LogP contribution in [0.5, 0.6) is 0 Å². The van der Waals surface area contributed by atoms with E-state index < -0.39 is 17.9 Å². The highest BCUT2D eigenvalue weighted by molar-refractivity contribution is 6.31. The van der Waals surface area contributed by atoms with E-state index in [1.54, 1.807) is 17.0 Å². The van der Waals surface area contributed by atoms with Gasteiger partial charge in [0.15, 0.2) is 0 Å². The van der Waals surface area contributed by atoms with Gasteiger partial charge in [-0.25, -0.2) is 0 Å². The lowest BCUT2D eigenvalue weighted by atomic mass is 9.80. The van der Waals surface area contributed by atoms with E-state index in [4.69, 9.17) is 11.6 Å². The smallest absolute Gasteiger partial charge is 0.253 e. The van der Waals surface area contributed by atoms with Crippen molar-refractivity contribution in [1.82, 2.24) is 10.2 Å². The molecule has 3 rings (SSSR count). The molecule has 1 saturated heterocycles. The number of benzene rings is 1. The molecule has 0 spiro atoms. The summed E-state index contributed by atoms with van der Waals surface area (Å²) < 4.78 is 0. The molecule has 2 aliphatic heterocycles. The highest BCUT2D eigenvalue weighted by Gasteiger charge is 2.39. The molecule has 7 nitrogen and oxygen atoms in total. The molecule has 2 atom stereocenters. The topological polar surface area (TPSA) is 98.7 Å². The van der Waals surface area contributed by atoms with E-state index in [-0.39, 0.29) is 24.3 Å². The van der Waals surface area contributed by atoms with Gasteiger partial charge in [0.05, 0.1) is 12.5 Å². The minimum absolute atomic E-state index is 0.0378. The molecule has 0 aromatic heterocycles. The third kappa shape index (κ3) is 4.14. The Morgan fingerprint density at radius 2 is 2.11 bits per heavy atom. The lowest BCUT2D eigenvalue weighted by Gasteiger charge is -2.35. The fourth-order valence-electron chi connectivity index (χ4n) is 3.75. The Kier molecular flexibility index (Phi) is 5.82. The summed E-state index contributed by atoms with van der Waals surface area (Å²) in [5.74, 6) is -1.02. The van der Waals surface area contributed by atoms with Crippen LogP contribution in [0.2, 0.25) is 5.02 Å². The van der Waals surface area contributed by atoms with Crippen LogP contribution in [0.3, 0.4) is 0 Å². The number of nitrogens with one attached hydrogen (secondary N) is 2. The molecule has 3 N–H and O–H groups in total. The largest absolute Gasteiger partial charge is 0.381 e. The third-order valence-corrected chi connectivity index (χ3v) is 5.39. The number of nitrogens with zero attached hydrogens (tertiary/aromatic N) is 1. The van der Waals surface area contributed by atoms with Crippen LogP contribution < -0.4 is 10.6 Å². The van der Waals surface area contributed by atoms with Gasteiger partial charge in [-0.2, -0.15) is 0 Å². The fourth-order valence-corrected chi connectivity index (χ4v) is 3.92. The van der Waals surface area contributed by atoms with Crippen molar-refractivity contribution in [3.8, 4) is 0 Å². The van der Waals surface area contributed by atoms with E-state index >= 15 is 0 Å². The van der Waals surface area contributed by atoms with Gasteiger partial charge in [0, 0.05) is 23.8 Å². The minimum atomic E-state index is -1.29. The summed E-state index contributed by atoms with van der Waals surface area (Å²) in [5.41, 5.74) is 1.70. The molecule has 0 saturated carbocycles. The third-order valence-electron chi connectivity index (χ3n) is 5.15. The Balaban J connectivity index is 1.58. The molecular weight excluding hydrogens is 370 g/mol. The van der Waals surface area contributed by atoms with Crippen molar-refractivity contribution in [3.05, 3.63) is 41.4 Å². The summed E-state index contributed by atoms with van der Waals surface area (Å²) in [5, 5.41) is 15.8. The highest BCUT2D eigenvalue weighted by atomic mass is 35.5. The minimum Gasteiger partial charge on any atom is -0.381 e. The molecule has 2 heterocycles. The van der Waals surface area contributed by atoms with Crippen LogP contribution in [-0.4, -0.2) is 53.5 Å². The average Bonchev–Trinajstić information content (AvgIpc) is 2.99. The van der Waals surface area contributed by atoms with Crippen LogP contribution >= 0.6 is 11.6 Å². The number of aliphatic hydroxyl groups is 1. The normalized spacial score (nSPS) is 20.6. The second-order valence-corrected chi connectivity index (χ2v) is 7.26. The number of hydrogen-bond donors (Lipinski definition) is 3. The van der Waals surface area contributed by atoms with E-state index in [0.717, 1.165) is 17.3 Å². The molecule has 2 unspecified atom stereocenters.